The van der Waals surface area contributed by atoms with Gasteiger partial charge in [-0.15, -0.1) is 0 Å². The molecule has 8 nitrogen and oxygen atoms in total. The fraction of sp³-hybridized carbons (Fsp3) is 0.143. The number of ether oxygens (including phenoxy) is 2. The molecule has 4 heterocycles. The monoisotopic (exact) mass is 472 g/mol. The van der Waals surface area contributed by atoms with Crippen LogP contribution in [0.25, 0.3) is 33.2 Å². The minimum Gasteiger partial charge on any atom is -0.493 e. The van der Waals surface area contributed by atoms with Crippen LogP contribution in [0.1, 0.15) is 5.82 Å². The van der Waals surface area contributed by atoms with Crippen molar-refractivity contribution in [1.82, 2.24) is 29.7 Å². The molecule has 0 aliphatic heterocycles. The van der Waals surface area contributed by atoms with Gasteiger partial charge in [0.25, 0.3) is 0 Å². The Hall–Kier alpha value is -3.43. The first-order valence-corrected chi connectivity index (χ1v) is 10.2. The predicted octanol–water partition coefficient (Wildman–Crippen LogP) is 4.88. The minimum absolute atomic E-state index is 0.257. The summed E-state index contributed by atoms with van der Waals surface area (Å²) in [7, 11) is 3.10. The first kappa shape index (κ1) is 20.5. The van der Waals surface area contributed by atoms with E-state index in [1.807, 2.05) is 6.20 Å². The van der Waals surface area contributed by atoms with Crippen LogP contribution in [0.3, 0.4) is 0 Å². The van der Waals surface area contributed by atoms with E-state index in [2.05, 4.69) is 25.0 Å². The number of hydrogen-bond acceptors (Lipinski definition) is 6. The fourth-order valence-electron chi connectivity index (χ4n) is 3.53. The number of imidazole rings is 1. The zero-order valence-electron chi connectivity index (χ0n) is 16.9. The molecule has 0 saturated heterocycles. The lowest BCUT2D eigenvalue weighted by molar-refractivity contribution is 0.355. The molecule has 0 unspecified atom stereocenters. The molecule has 0 spiro atoms. The highest BCUT2D eigenvalue weighted by Crippen LogP contribution is 2.41. The van der Waals surface area contributed by atoms with E-state index in [9.17, 15) is 4.39 Å². The summed E-state index contributed by atoms with van der Waals surface area (Å²) in [4.78, 5) is 15.5. The van der Waals surface area contributed by atoms with Crippen LogP contribution in [0, 0.1) is 5.95 Å². The Balaban J connectivity index is 1.60. The van der Waals surface area contributed by atoms with Crippen LogP contribution in [-0.2, 0) is 6.54 Å². The SMILES string of the molecule is COc1cc(Cl)c(-c2cnc(Cl)c3nn(Cc4nc5nc(F)ccc5[nH]4)cc23)cc1OC. The Morgan fingerprint density at radius 2 is 1.84 bits per heavy atom. The quantitative estimate of drug-likeness (QED) is 0.366. The van der Waals surface area contributed by atoms with Crippen molar-refractivity contribution in [3.05, 3.63) is 58.6 Å². The smallest absolute Gasteiger partial charge is 0.215 e. The summed E-state index contributed by atoms with van der Waals surface area (Å²) in [5.41, 5.74) is 2.87. The standard InChI is InChI=1S/C21H15Cl2FN6O2/c1-31-15-5-10(13(22)6-16(15)32-2)11-7-25-20(23)19-12(11)8-30(29-19)9-18-26-14-3-4-17(24)27-21(14)28-18/h3-8H,9H2,1-2H3,(H,26,27,28). The van der Waals surface area contributed by atoms with Crippen LogP contribution in [0.15, 0.2) is 36.7 Å². The number of nitrogens with one attached hydrogen (secondary N) is 1. The third-order valence-corrected chi connectivity index (χ3v) is 5.58. The number of halogens is 3. The van der Waals surface area contributed by atoms with Gasteiger partial charge in [0.2, 0.25) is 5.95 Å². The van der Waals surface area contributed by atoms with Gasteiger partial charge in [-0.05, 0) is 18.2 Å². The van der Waals surface area contributed by atoms with Crippen molar-refractivity contribution in [2.45, 2.75) is 6.54 Å². The molecular formula is C21H15Cl2FN6O2. The van der Waals surface area contributed by atoms with Crippen molar-refractivity contribution >= 4 is 45.3 Å². The van der Waals surface area contributed by atoms with Crippen LogP contribution < -0.4 is 9.47 Å². The van der Waals surface area contributed by atoms with Crippen molar-refractivity contribution in [2.24, 2.45) is 0 Å². The van der Waals surface area contributed by atoms with E-state index in [0.29, 0.717) is 51.1 Å². The number of fused-ring (bicyclic) bond motifs is 2. The Morgan fingerprint density at radius 1 is 1.06 bits per heavy atom. The van der Waals surface area contributed by atoms with Crippen LogP contribution in [0.4, 0.5) is 4.39 Å². The molecular weight excluding hydrogens is 458 g/mol. The number of aromatic nitrogens is 6. The van der Waals surface area contributed by atoms with E-state index in [4.69, 9.17) is 32.7 Å². The molecule has 0 fully saturated rings. The first-order chi connectivity index (χ1) is 15.5. The Morgan fingerprint density at radius 3 is 2.62 bits per heavy atom. The van der Waals surface area contributed by atoms with E-state index in [-0.39, 0.29) is 5.15 Å². The average molecular weight is 473 g/mol. The predicted molar refractivity (Wildman–Crippen MR) is 119 cm³/mol. The minimum atomic E-state index is -0.588. The summed E-state index contributed by atoms with van der Waals surface area (Å²) in [6, 6.07) is 6.33. The molecule has 5 rings (SSSR count). The van der Waals surface area contributed by atoms with Gasteiger partial charge in [0.05, 0.1) is 31.3 Å². The van der Waals surface area contributed by atoms with Gasteiger partial charge in [0.1, 0.15) is 11.3 Å². The maximum absolute atomic E-state index is 13.4. The number of hydrogen-bond donors (Lipinski definition) is 1. The number of pyridine rings is 2. The fourth-order valence-corrected chi connectivity index (χ4v) is 3.97. The molecule has 0 radical (unpaired) electrons. The second kappa shape index (κ2) is 7.92. The third-order valence-electron chi connectivity index (χ3n) is 4.99. The molecule has 0 aliphatic carbocycles. The first-order valence-electron chi connectivity index (χ1n) is 9.41. The molecule has 1 aromatic carbocycles. The molecule has 0 atom stereocenters. The van der Waals surface area contributed by atoms with E-state index < -0.39 is 5.95 Å². The summed E-state index contributed by atoms with van der Waals surface area (Å²) in [5.74, 6) is 1.03. The van der Waals surface area contributed by atoms with E-state index >= 15 is 0 Å². The Labute approximate surface area is 190 Å². The molecule has 32 heavy (non-hydrogen) atoms. The third kappa shape index (κ3) is 3.49. The molecule has 162 valence electrons. The van der Waals surface area contributed by atoms with Gasteiger partial charge in [0, 0.05) is 35.0 Å². The van der Waals surface area contributed by atoms with Gasteiger partial charge < -0.3 is 14.5 Å². The van der Waals surface area contributed by atoms with Crippen LogP contribution in [0.5, 0.6) is 11.5 Å². The molecule has 11 heteroatoms. The molecule has 5 aromatic rings. The van der Waals surface area contributed by atoms with Crippen molar-refractivity contribution in [3.8, 4) is 22.6 Å². The highest BCUT2D eigenvalue weighted by molar-refractivity contribution is 6.35. The van der Waals surface area contributed by atoms with Gasteiger partial charge in [-0.25, -0.2) is 9.97 Å². The highest BCUT2D eigenvalue weighted by atomic mass is 35.5. The van der Waals surface area contributed by atoms with Crippen LogP contribution >= 0.6 is 23.2 Å². The lowest BCUT2D eigenvalue weighted by atomic mass is 10.0. The number of aromatic amines is 1. The zero-order chi connectivity index (χ0) is 22.4. The van der Waals surface area contributed by atoms with Crippen molar-refractivity contribution < 1.29 is 13.9 Å². The average Bonchev–Trinajstić information content (AvgIpc) is 3.38. The molecule has 0 saturated carbocycles. The Bertz CT molecular complexity index is 1480. The highest BCUT2D eigenvalue weighted by Gasteiger charge is 2.18. The summed E-state index contributed by atoms with van der Waals surface area (Å²) >= 11 is 12.9. The lowest BCUT2D eigenvalue weighted by Crippen LogP contribution is -2.01. The van der Waals surface area contributed by atoms with E-state index in [0.717, 1.165) is 10.9 Å². The largest absolute Gasteiger partial charge is 0.493 e. The van der Waals surface area contributed by atoms with Gasteiger partial charge in [-0.1, -0.05) is 23.2 Å². The maximum Gasteiger partial charge on any atom is 0.215 e. The molecule has 1 N–H and O–H groups in total. The number of methoxy groups -OCH3 is 2. The van der Waals surface area contributed by atoms with Gasteiger partial charge >= 0.3 is 0 Å². The van der Waals surface area contributed by atoms with Crippen LogP contribution in [0.2, 0.25) is 10.2 Å². The zero-order valence-corrected chi connectivity index (χ0v) is 18.4. The topological polar surface area (TPSA) is 90.7 Å². The van der Waals surface area contributed by atoms with Gasteiger partial charge in [-0.2, -0.15) is 14.5 Å². The molecule has 4 aromatic heterocycles. The normalized spacial score (nSPS) is 11.4. The molecule has 0 bridgehead atoms. The van der Waals surface area contributed by atoms with Crippen molar-refractivity contribution in [2.75, 3.05) is 14.2 Å². The van der Waals surface area contributed by atoms with E-state index in [1.165, 1.54) is 6.07 Å². The summed E-state index contributed by atoms with van der Waals surface area (Å²) < 4.78 is 25.8. The van der Waals surface area contributed by atoms with Crippen molar-refractivity contribution in [1.29, 1.82) is 0 Å². The summed E-state index contributed by atoms with van der Waals surface area (Å²) in [5, 5.41) is 6.03. The number of benzene rings is 1. The summed E-state index contributed by atoms with van der Waals surface area (Å²) in [6.45, 7) is 0.294. The number of rotatable bonds is 5. The van der Waals surface area contributed by atoms with Crippen LogP contribution in [-0.4, -0.2) is 43.9 Å². The van der Waals surface area contributed by atoms with Crippen molar-refractivity contribution in [3.63, 3.8) is 0 Å². The summed E-state index contributed by atoms with van der Waals surface area (Å²) in [6.07, 6.45) is 3.46. The number of nitrogens with zero attached hydrogens (tertiary/aromatic N) is 5. The second-order valence-electron chi connectivity index (χ2n) is 6.93. The van der Waals surface area contributed by atoms with E-state index in [1.54, 1.807) is 43.3 Å². The Kier molecular flexibility index (Phi) is 5.07. The molecule has 0 aliphatic rings. The maximum atomic E-state index is 13.4. The van der Waals surface area contributed by atoms with Gasteiger partial charge in [0.15, 0.2) is 22.3 Å². The number of H-pyrrole nitrogens is 1. The second-order valence-corrected chi connectivity index (χ2v) is 7.69. The van der Waals surface area contributed by atoms with Gasteiger partial charge in [-0.3, -0.25) is 4.68 Å². The molecule has 0 amide bonds. The lowest BCUT2D eigenvalue weighted by Gasteiger charge is -2.12.